The monoisotopic (exact) mass is 397 g/mol. The average molecular weight is 397 g/mol. The molecular weight excluding hydrogens is 377 g/mol. The first-order valence-corrected chi connectivity index (χ1v) is 9.48. The number of aliphatic hydroxyl groups excluding tert-OH is 1. The molecule has 1 heterocycles. The van der Waals surface area contributed by atoms with Crippen molar-refractivity contribution in [3.63, 3.8) is 0 Å². The van der Waals surface area contributed by atoms with E-state index >= 15 is 0 Å². The van der Waals surface area contributed by atoms with Crippen molar-refractivity contribution in [3.05, 3.63) is 41.8 Å². The number of aliphatic hydroxyl groups is 1. The predicted octanol–water partition coefficient (Wildman–Crippen LogP) is 1.31. The molecule has 1 atom stereocenters. The Kier molecular flexibility index (Phi) is 6.47. The first-order valence-electron chi connectivity index (χ1n) is 8.07. The van der Waals surface area contributed by atoms with Crippen molar-refractivity contribution >= 4 is 21.7 Å². The largest absolute Gasteiger partial charge is 0.397 e. The zero-order chi connectivity index (χ0) is 20.2. The molecule has 2 aromatic rings. The summed E-state index contributed by atoms with van der Waals surface area (Å²) in [5.41, 5.74) is 5.60. The zero-order valence-electron chi connectivity index (χ0n) is 14.8. The van der Waals surface area contributed by atoms with Crippen LogP contribution in [0.4, 0.5) is 10.1 Å². The fourth-order valence-electron chi connectivity index (χ4n) is 2.24. The number of hydrogen-bond acceptors (Lipinski definition) is 7. The lowest BCUT2D eigenvalue weighted by atomic mass is 10.1. The fourth-order valence-corrected chi connectivity index (χ4v) is 3.35. The van der Waals surface area contributed by atoms with Crippen LogP contribution >= 0.6 is 0 Å². The third-order valence-electron chi connectivity index (χ3n) is 3.45. The Bertz CT molecular complexity index is 930. The van der Waals surface area contributed by atoms with E-state index in [1.807, 2.05) is 0 Å². The Hall–Kier alpha value is -2.56. The standard InChI is InChI=1S/C17H20FN3O5S/c1-3-26-27(24,25)14-8-13(19)16(17(23)20-9-10(2)22)21-15(14)11-4-6-12(18)7-5-11/h4-8,10,22H,3,9,19H2,1-2H3,(H,20,23). The highest BCUT2D eigenvalue weighted by atomic mass is 32.2. The van der Waals surface area contributed by atoms with E-state index in [-0.39, 0.29) is 40.7 Å². The molecule has 27 heavy (non-hydrogen) atoms. The molecule has 1 amide bonds. The normalized spacial score (nSPS) is 12.6. The third-order valence-corrected chi connectivity index (χ3v) is 4.85. The van der Waals surface area contributed by atoms with Crippen LogP contribution in [0.1, 0.15) is 24.3 Å². The van der Waals surface area contributed by atoms with Crippen molar-refractivity contribution < 1.29 is 26.9 Å². The maximum Gasteiger partial charge on any atom is 0.299 e. The molecular formula is C17H20FN3O5S. The second kappa shape index (κ2) is 8.42. The summed E-state index contributed by atoms with van der Waals surface area (Å²) >= 11 is 0. The molecule has 4 N–H and O–H groups in total. The molecule has 0 fully saturated rings. The molecule has 1 aromatic heterocycles. The lowest BCUT2D eigenvalue weighted by Gasteiger charge is -2.14. The molecule has 0 saturated carbocycles. The first-order chi connectivity index (χ1) is 12.7. The van der Waals surface area contributed by atoms with E-state index in [0.717, 1.165) is 18.2 Å². The van der Waals surface area contributed by atoms with Crippen LogP contribution in [-0.4, -0.2) is 43.7 Å². The van der Waals surface area contributed by atoms with Crippen molar-refractivity contribution in [3.8, 4) is 11.3 Å². The van der Waals surface area contributed by atoms with Crippen LogP contribution in [0.25, 0.3) is 11.3 Å². The van der Waals surface area contributed by atoms with E-state index in [1.54, 1.807) is 0 Å². The fraction of sp³-hybridized carbons (Fsp3) is 0.294. The van der Waals surface area contributed by atoms with E-state index in [2.05, 4.69) is 10.3 Å². The molecule has 0 aliphatic rings. The summed E-state index contributed by atoms with van der Waals surface area (Å²) in [6, 6.07) is 6.01. The lowest BCUT2D eigenvalue weighted by Crippen LogP contribution is -2.32. The predicted molar refractivity (Wildman–Crippen MR) is 96.9 cm³/mol. The highest BCUT2D eigenvalue weighted by Crippen LogP contribution is 2.30. The van der Waals surface area contributed by atoms with Gasteiger partial charge in [-0.2, -0.15) is 8.42 Å². The highest BCUT2D eigenvalue weighted by molar-refractivity contribution is 7.87. The van der Waals surface area contributed by atoms with Gasteiger partial charge in [0.15, 0.2) is 5.69 Å². The number of aromatic nitrogens is 1. The Morgan fingerprint density at radius 1 is 1.37 bits per heavy atom. The zero-order valence-corrected chi connectivity index (χ0v) is 15.6. The molecule has 1 aromatic carbocycles. The molecule has 0 spiro atoms. The molecule has 0 radical (unpaired) electrons. The molecule has 1 unspecified atom stereocenters. The second-order valence-corrected chi connectivity index (χ2v) is 7.28. The quantitative estimate of drug-likeness (QED) is 0.600. The summed E-state index contributed by atoms with van der Waals surface area (Å²) in [5, 5.41) is 11.7. The summed E-state index contributed by atoms with van der Waals surface area (Å²) in [7, 11) is -4.20. The van der Waals surface area contributed by atoms with Gasteiger partial charge in [0.1, 0.15) is 10.7 Å². The lowest BCUT2D eigenvalue weighted by molar-refractivity contribution is 0.0920. The smallest absolute Gasteiger partial charge is 0.299 e. The van der Waals surface area contributed by atoms with Crippen LogP contribution in [-0.2, 0) is 14.3 Å². The van der Waals surface area contributed by atoms with Crippen molar-refractivity contribution in [2.24, 2.45) is 0 Å². The summed E-state index contributed by atoms with van der Waals surface area (Å²) in [6.45, 7) is 2.84. The first kappa shape index (κ1) is 20.7. The number of halogens is 1. The van der Waals surface area contributed by atoms with Crippen LogP contribution in [0.3, 0.4) is 0 Å². The van der Waals surface area contributed by atoms with E-state index in [9.17, 15) is 22.7 Å². The molecule has 8 nitrogen and oxygen atoms in total. The minimum atomic E-state index is -4.20. The summed E-state index contributed by atoms with van der Waals surface area (Å²) in [4.78, 5) is 16.1. The van der Waals surface area contributed by atoms with E-state index in [4.69, 9.17) is 9.92 Å². The van der Waals surface area contributed by atoms with Crippen molar-refractivity contribution in [2.45, 2.75) is 24.8 Å². The van der Waals surface area contributed by atoms with E-state index < -0.39 is 27.9 Å². The Labute approximate surface area is 156 Å². The van der Waals surface area contributed by atoms with Gasteiger partial charge in [0, 0.05) is 12.1 Å². The van der Waals surface area contributed by atoms with Gasteiger partial charge in [0.05, 0.1) is 24.1 Å². The van der Waals surface area contributed by atoms with Crippen LogP contribution < -0.4 is 11.1 Å². The minimum absolute atomic E-state index is 0.0369. The molecule has 0 bridgehead atoms. The number of nitrogens with two attached hydrogens (primary N) is 1. The molecule has 0 aliphatic heterocycles. The summed E-state index contributed by atoms with van der Waals surface area (Å²) < 4.78 is 42.9. The SMILES string of the molecule is CCOS(=O)(=O)c1cc(N)c(C(=O)NCC(C)O)nc1-c1ccc(F)cc1. The molecule has 0 aliphatic carbocycles. The van der Waals surface area contributed by atoms with Crippen LogP contribution in [0.15, 0.2) is 35.2 Å². The number of nitrogens with zero attached hydrogens (tertiary/aromatic N) is 1. The van der Waals surface area contributed by atoms with Gasteiger partial charge in [-0.1, -0.05) is 0 Å². The topological polar surface area (TPSA) is 132 Å². The molecule has 0 saturated heterocycles. The van der Waals surface area contributed by atoms with Crippen LogP contribution in [0.2, 0.25) is 0 Å². The highest BCUT2D eigenvalue weighted by Gasteiger charge is 2.25. The Morgan fingerprint density at radius 3 is 2.56 bits per heavy atom. The Balaban J connectivity index is 2.63. The van der Waals surface area contributed by atoms with Gasteiger partial charge < -0.3 is 16.2 Å². The van der Waals surface area contributed by atoms with Crippen LogP contribution in [0.5, 0.6) is 0 Å². The molecule has 146 valence electrons. The summed E-state index contributed by atoms with van der Waals surface area (Å²) in [6.07, 6.45) is -0.788. The molecule has 10 heteroatoms. The Morgan fingerprint density at radius 2 is 2.00 bits per heavy atom. The van der Waals surface area contributed by atoms with Crippen molar-refractivity contribution in [1.82, 2.24) is 10.3 Å². The van der Waals surface area contributed by atoms with E-state index in [1.165, 1.54) is 26.0 Å². The van der Waals surface area contributed by atoms with Gasteiger partial charge >= 0.3 is 0 Å². The average Bonchev–Trinajstić information content (AvgIpc) is 2.60. The number of amides is 1. The number of hydrogen-bond donors (Lipinski definition) is 3. The van der Waals surface area contributed by atoms with Crippen LogP contribution in [0, 0.1) is 5.82 Å². The van der Waals surface area contributed by atoms with Crippen molar-refractivity contribution in [1.29, 1.82) is 0 Å². The summed E-state index contributed by atoms with van der Waals surface area (Å²) in [5.74, 6) is -1.20. The number of nitrogens with one attached hydrogen (secondary N) is 1. The van der Waals surface area contributed by atoms with Gasteiger partial charge in [0.2, 0.25) is 0 Å². The number of nitrogen functional groups attached to an aromatic ring is 1. The number of benzene rings is 1. The van der Waals surface area contributed by atoms with Crippen molar-refractivity contribution in [2.75, 3.05) is 18.9 Å². The number of carbonyl (C=O) groups is 1. The van der Waals surface area contributed by atoms with E-state index in [0.29, 0.717) is 0 Å². The van der Waals surface area contributed by atoms with Gasteiger partial charge in [-0.05, 0) is 44.2 Å². The van der Waals surface area contributed by atoms with Gasteiger partial charge in [-0.25, -0.2) is 9.37 Å². The van der Waals surface area contributed by atoms with Gasteiger partial charge in [0.25, 0.3) is 16.0 Å². The maximum absolute atomic E-state index is 13.2. The third kappa shape index (κ3) is 5.00. The number of anilines is 1. The number of pyridine rings is 1. The minimum Gasteiger partial charge on any atom is -0.397 e. The van der Waals surface area contributed by atoms with Gasteiger partial charge in [-0.3, -0.25) is 8.98 Å². The van der Waals surface area contributed by atoms with Gasteiger partial charge in [-0.15, -0.1) is 0 Å². The second-order valence-electron chi connectivity index (χ2n) is 5.70. The number of carbonyl (C=O) groups excluding carboxylic acids is 1. The maximum atomic E-state index is 13.2. The number of rotatable bonds is 7. The molecule has 2 rings (SSSR count).